The summed E-state index contributed by atoms with van der Waals surface area (Å²) in [4.78, 5) is 36.0. The normalized spacial score (nSPS) is 24.7. The molecule has 4 fully saturated rings. The highest BCUT2D eigenvalue weighted by atomic mass is 16.6. The van der Waals surface area contributed by atoms with Gasteiger partial charge in [-0.1, -0.05) is 19.9 Å². The molecule has 2 amide bonds. The Labute approximate surface area is 253 Å². The molecule has 2 aromatic heterocycles. The number of fused-ring (bicyclic) bond motifs is 3. The van der Waals surface area contributed by atoms with Gasteiger partial charge in [-0.15, -0.1) is 0 Å². The molecule has 2 N–H and O–H groups in total. The Morgan fingerprint density at radius 2 is 1.79 bits per heavy atom. The lowest BCUT2D eigenvalue weighted by Crippen LogP contribution is -2.57. The van der Waals surface area contributed by atoms with Crippen LogP contribution in [0.4, 0.5) is 16.4 Å². The zero-order valence-electron chi connectivity index (χ0n) is 25.9. The average Bonchev–Trinajstić information content (AvgIpc) is 3.47. The molecule has 1 saturated carbocycles. The van der Waals surface area contributed by atoms with Gasteiger partial charge in [0, 0.05) is 62.6 Å². The summed E-state index contributed by atoms with van der Waals surface area (Å²) in [7, 11) is 3.92. The third-order valence-electron chi connectivity index (χ3n) is 9.26. The van der Waals surface area contributed by atoms with E-state index in [2.05, 4.69) is 30.5 Å². The van der Waals surface area contributed by atoms with Crippen molar-refractivity contribution >= 4 is 29.3 Å². The molecule has 43 heavy (non-hydrogen) atoms. The smallest absolute Gasteiger partial charge is 0.410 e. The van der Waals surface area contributed by atoms with Crippen LogP contribution < -0.4 is 10.6 Å². The van der Waals surface area contributed by atoms with Crippen LogP contribution in [0, 0.1) is 11.8 Å². The van der Waals surface area contributed by atoms with E-state index in [-0.39, 0.29) is 24.1 Å². The number of anilines is 2. The third kappa shape index (κ3) is 6.59. The lowest BCUT2D eigenvalue weighted by Gasteiger charge is -2.41. The highest BCUT2D eigenvalue weighted by molar-refractivity contribution is 5.88. The zero-order chi connectivity index (χ0) is 30.1. The van der Waals surface area contributed by atoms with Crippen LogP contribution in [-0.2, 0) is 14.3 Å². The number of nitrogens with zero attached hydrogens (tertiary/aromatic N) is 6. The Kier molecular flexibility index (Phi) is 8.76. The molecule has 5 heterocycles. The van der Waals surface area contributed by atoms with Crippen molar-refractivity contribution in [3.8, 4) is 0 Å². The average molecular weight is 595 g/mol. The number of rotatable bonds is 9. The Morgan fingerprint density at radius 3 is 2.47 bits per heavy atom. The van der Waals surface area contributed by atoms with Crippen LogP contribution in [-0.4, -0.2) is 120 Å². The Balaban J connectivity index is 1.08. The van der Waals surface area contributed by atoms with Crippen LogP contribution in [0.15, 0.2) is 24.4 Å². The minimum absolute atomic E-state index is 0.0342. The fourth-order valence-corrected chi connectivity index (χ4v) is 6.77. The van der Waals surface area contributed by atoms with Crippen LogP contribution in [0.25, 0.3) is 5.65 Å². The van der Waals surface area contributed by atoms with Crippen LogP contribution in [0.3, 0.4) is 0 Å². The molecule has 234 valence electrons. The monoisotopic (exact) mass is 594 g/mol. The number of aromatic nitrogens is 3. The molecule has 12 nitrogen and oxygen atoms in total. The molecule has 2 aromatic rings. The molecule has 2 unspecified atom stereocenters. The maximum Gasteiger partial charge on any atom is 0.410 e. The summed E-state index contributed by atoms with van der Waals surface area (Å²) in [6.45, 7) is 8.81. The molecule has 2 bridgehead atoms. The number of carbonyl (C=O) groups is 2. The van der Waals surface area contributed by atoms with Gasteiger partial charge < -0.3 is 34.8 Å². The first-order valence-electron chi connectivity index (χ1n) is 15.8. The second-order valence-electron chi connectivity index (χ2n) is 13.1. The molecular formula is C31H46N8O4. The number of hydrogen-bond donors (Lipinski definition) is 2. The number of likely N-dealkylation sites (tertiary alicyclic amines) is 2. The molecule has 0 aromatic carbocycles. The molecule has 0 spiro atoms. The fraction of sp³-hybridized carbons (Fsp3) is 0.677. The molecule has 12 heteroatoms. The van der Waals surface area contributed by atoms with E-state index in [1.165, 1.54) is 0 Å². The Morgan fingerprint density at radius 1 is 1.07 bits per heavy atom. The van der Waals surface area contributed by atoms with Crippen molar-refractivity contribution < 1.29 is 19.1 Å². The quantitative estimate of drug-likeness (QED) is 0.423. The summed E-state index contributed by atoms with van der Waals surface area (Å²) in [5, 5.41) is 12.2. The highest BCUT2D eigenvalue weighted by Gasteiger charge is 2.45. The molecule has 4 aliphatic rings. The first kappa shape index (κ1) is 29.7. The van der Waals surface area contributed by atoms with Gasteiger partial charge in [0.05, 0.1) is 19.3 Å². The summed E-state index contributed by atoms with van der Waals surface area (Å²) < 4.78 is 13.3. The lowest BCUT2D eigenvalue weighted by molar-refractivity contribution is -0.136. The number of carbonyl (C=O) groups excluding carboxylic acids is 2. The number of hydrogen-bond acceptors (Lipinski definition) is 9. The van der Waals surface area contributed by atoms with Crippen LogP contribution in [0.5, 0.6) is 0 Å². The van der Waals surface area contributed by atoms with Crippen molar-refractivity contribution in [2.45, 2.75) is 63.6 Å². The van der Waals surface area contributed by atoms with Crippen molar-refractivity contribution in [3.05, 3.63) is 30.0 Å². The van der Waals surface area contributed by atoms with E-state index in [4.69, 9.17) is 19.6 Å². The third-order valence-corrected chi connectivity index (χ3v) is 9.26. The molecular weight excluding hydrogens is 548 g/mol. The van der Waals surface area contributed by atoms with E-state index in [0.717, 1.165) is 61.7 Å². The first-order valence-corrected chi connectivity index (χ1v) is 15.8. The van der Waals surface area contributed by atoms with Gasteiger partial charge in [-0.3, -0.25) is 4.79 Å². The molecule has 1 aliphatic carbocycles. The predicted molar refractivity (Wildman–Crippen MR) is 164 cm³/mol. The SMILES string of the molecule is CC(C)c1cnn2c(NC3C4CCC3CN(C(=O)OC3CN(C(=O)/C=C/CN(C)C)C3)C4)cc(NC3CCOCC3)nc12. The molecule has 6 rings (SSSR count). The molecule has 2 atom stereocenters. The largest absolute Gasteiger partial charge is 0.442 e. The van der Waals surface area contributed by atoms with Crippen molar-refractivity contribution in [2.24, 2.45) is 11.8 Å². The van der Waals surface area contributed by atoms with Gasteiger partial charge in [0.25, 0.3) is 0 Å². The summed E-state index contributed by atoms with van der Waals surface area (Å²) in [6, 6.07) is 2.66. The topological polar surface area (TPSA) is 117 Å². The lowest BCUT2D eigenvalue weighted by atomic mass is 9.92. The van der Waals surface area contributed by atoms with E-state index in [1.54, 1.807) is 11.0 Å². The first-order chi connectivity index (χ1) is 20.7. The second-order valence-corrected chi connectivity index (χ2v) is 13.1. The molecule has 3 aliphatic heterocycles. The summed E-state index contributed by atoms with van der Waals surface area (Å²) in [5.41, 5.74) is 2.00. The second kappa shape index (κ2) is 12.7. The van der Waals surface area contributed by atoms with E-state index in [9.17, 15) is 9.59 Å². The molecule has 0 radical (unpaired) electrons. The standard InChI is InChI=1S/C31H46N8O4/c1-20(2)25-15-32-39-27(14-26(34-30(25)39)33-23-9-12-42-13-10-23)35-29-21-7-8-22(29)17-38(16-21)31(41)43-24-18-37(19-24)28(40)6-5-11-36(3)4/h5-6,14-15,20-24,29,35H,7-13,16-19H2,1-4H3,(H,33,34)/b6-5+. The minimum atomic E-state index is -0.265. The van der Waals surface area contributed by atoms with Crippen molar-refractivity contribution in [1.82, 2.24) is 29.3 Å². The zero-order valence-corrected chi connectivity index (χ0v) is 25.9. The van der Waals surface area contributed by atoms with Crippen LogP contribution in [0.2, 0.25) is 0 Å². The van der Waals surface area contributed by atoms with Crippen LogP contribution in [0.1, 0.15) is 51.0 Å². The van der Waals surface area contributed by atoms with Gasteiger partial charge in [-0.25, -0.2) is 9.78 Å². The van der Waals surface area contributed by atoms with Gasteiger partial charge in [0.2, 0.25) is 5.91 Å². The summed E-state index contributed by atoms with van der Waals surface area (Å²) in [6.07, 6.45) is 8.93. The maximum absolute atomic E-state index is 13.1. The Hall–Kier alpha value is -3.38. The van der Waals surface area contributed by atoms with Crippen molar-refractivity contribution in [3.63, 3.8) is 0 Å². The highest BCUT2D eigenvalue weighted by Crippen LogP contribution is 2.39. The van der Waals surface area contributed by atoms with Crippen molar-refractivity contribution in [1.29, 1.82) is 0 Å². The van der Waals surface area contributed by atoms with E-state index in [1.807, 2.05) is 40.7 Å². The summed E-state index contributed by atoms with van der Waals surface area (Å²) >= 11 is 0. The number of amides is 2. The van der Waals surface area contributed by atoms with Crippen molar-refractivity contribution in [2.75, 3.05) is 70.7 Å². The molecule has 3 saturated heterocycles. The fourth-order valence-electron chi connectivity index (χ4n) is 6.77. The summed E-state index contributed by atoms with van der Waals surface area (Å²) in [5.74, 6) is 2.71. The van der Waals surface area contributed by atoms with E-state index < -0.39 is 0 Å². The van der Waals surface area contributed by atoms with E-state index in [0.29, 0.717) is 56.5 Å². The maximum atomic E-state index is 13.1. The number of nitrogens with one attached hydrogen (secondary N) is 2. The Bertz CT molecular complexity index is 1320. The predicted octanol–water partition coefficient (Wildman–Crippen LogP) is 3.03. The number of ether oxygens (including phenoxy) is 2. The van der Waals surface area contributed by atoms with Gasteiger partial charge in [-0.05, 0) is 57.5 Å². The van der Waals surface area contributed by atoms with Gasteiger partial charge >= 0.3 is 6.09 Å². The van der Waals surface area contributed by atoms with Gasteiger partial charge in [-0.2, -0.15) is 9.61 Å². The number of piperidine rings is 1. The van der Waals surface area contributed by atoms with E-state index >= 15 is 0 Å². The van der Waals surface area contributed by atoms with Gasteiger partial charge in [0.1, 0.15) is 17.7 Å². The number of likely N-dealkylation sites (N-methyl/N-ethyl adjacent to an activating group) is 1. The minimum Gasteiger partial charge on any atom is -0.442 e. The van der Waals surface area contributed by atoms with Gasteiger partial charge in [0.15, 0.2) is 5.65 Å². The van der Waals surface area contributed by atoms with Crippen LogP contribution >= 0.6 is 0 Å².